The summed E-state index contributed by atoms with van der Waals surface area (Å²) in [6, 6.07) is 11.9. The Morgan fingerprint density at radius 3 is 2.67 bits per heavy atom. The number of aryl methyl sites for hydroxylation is 3. The summed E-state index contributed by atoms with van der Waals surface area (Å²) in [5, 5.41) is 8.23. The van der Waals surface area contributed by atoms with Crippen molar-refractivity contribution >= 4 is 16.9 Å². The highest BCUT2D eigenvalue weighted by molar-refractivity contribution is 5.97. The lowest BCUT2D eigenvalue weighted by Crippen LogP contribution is -2.26. The summed E-state index contributed by atoms with van der Waals surface area (Å²) in [6.07, 6.45) is 0. The Labute approximate surface area is 141 Å². The summed E-state index contributed by atoms with van der Waals surface area (Å²) >= 11 is 0. The highest BCUT2D eigenvalue weighted by Gasteiger charge is 2.15. The van der Waals surface area contributed by atoms with E-state index < -0.39 is 0 Å². The molecule has 3 aromatic rings. The number of carbonyl (C=O) groups excluding carboxylic acids is 1. The molecule has 1 heterocycles. The number of hydrogen-bond acceptors (Lipinski definition) is 3. The molecule has 3 rings (SSSR count). The summed E-state index contributed by atoms with van der Waals surface area (Å²) < 4.78 is 1.82. The lowest BCUT2D eigenvalue weighted by atomic mass is 10.1. The van der Waals surface area contributed by atoms with Gasteiger partial charge in [-0.1, -0.05) is 29.0 Å². The number of hydrogen-bond donors (Lipinski definition) is 0. The minimum absolute atomic E-state index is 0.0112. The minimum Gasteiger partial charge on any atom is -0.337 e. The highest BCUT2D eigenvalue weighted by Crippen LogP contribution is 2.17. The normalized spacial score (nSPS) is 11.0. The van der Waals surface area contributed by atoms with Gasteiger partial charge in [0.05, 0.1) is 5.52 Å². The second-order valence-electron chi connectivity index (χ2n) is 6.20. The lowest BCUT2D eigenvalue weighted by Gasteiger charge is -2.19. The first-order valence-electron chi connectivity index (χ1n) is 8.14. The van der Waals surface area contributed by atoms with Crippen LogP contribution in [-0.2, 0) is 13.1 Å². The molecule has 0 fully saturated rings. The van der Waals surface area contributed by atoms with Gasteiger partial charge >= 0.3 is 0 Å². The van der Waals surface area contributed by atoms with Crippen LogP contribution in [0, 0.1) is 13.8 Å². The van der Waals surface area contributed by atoms with E-state index in [9.17, 15) is 4.79 Å². The van der Waals surface area contributed by atoms with Crippen LogP contribution in [0.4, 0.5) is 0 Å². The summed E-state index contributed by atoms with van der Waals surface area (Å²) in [7, 11) is 1.83. The third-order valence-corrected chi connectivity index (χ3v) is 4.31. The molecule has 5 nitrogen and oxygen atoms in total. The molecule has 124 valence electrons. The van der Waals surface area contributed by atoms with Crippen LogP contribution in [-0.4, -0.2) is 32.8 Å². The van der Waals surface area contributed by atoms with E-state index in [1.165, 1.54) is 11.1 Å². The first-order chi connectivity index (χ1) is 11.5. The number of amides is 1. The van der Waals surface area contributed by atoms with Crippen LogP contribution in [0.2, 0.25) is 0 Å². The quantitative estimate of drug-likeness (QED) is 0.740. The van der Waals surface area contributed by atoms with Gasteiger partial charge in [-0.25, -0.2) is 4.68 Å². The molecule has 0 saturated carbocycles. The molecule has 5 heteroatoms. The molecule has 0 bridgehead atoms. The highest BCUT2D eigenvalue weighted by atomic mass is 16.2. The molecule has 2 aromatic carbocycles. The van der Waals surface area contributed by atoms with E-state index in [4.69, 9.17) is 0 Å². The first kappa shape index (κ1) is 16.2. The van der Waals surface area contributed by atoms with Crippen molar-refractivity contribution in [1.29, 1.82) is 0 Å². The third-order valence-electron chi connectivity index (χ3n) is 4.31. The molecule has 0 saturated heterocycles. The van der Waals surface area contributed by atoms with Gasteiger partial charge in [-0.3, -0.25) is 4.79 Å². The molecular weight excluding hydrogens is 300 g/mol. The predicted molar refractivity (Wildman–Crippen MR) is 94.9 cm³/mol. The number of fused-ring (bicyclic) bond motifs is 1. The molecule has 1 aromatic heterocycles. The average molecular weight is 322 g/mol. The van der Waals surface area contributed by atoms with E-state index >= 15 is 0 Å². The first-order valence-corrected chi connectivity index (χ1v) is 8.14. The second-order valence-corrected chi connectivity index (χ2v) is 6.20. The molecule has 0 spiro atoms. The SMILES string of the molecule is CCn1nnc2cc(C(=O)N(C)Cc3ccc(C)cc3C)ccc21. The number of nitrogens with zero attached hydrogens (tertiary/aromatic N) is 4. The second kappa shape index (κ2) is 6.43. The van der Waals surface area contributed by atoms with Crippen molar-refractivity contribution in [2.45, 2.75) is 33.9 Å². The molecule has 0 unspecified atom stereocenters. The van der Waals surface area contributed by atoms with Gasteiger partial charge in [0.1, 0.15) is 5.52 Å². The predicted octanol–water partition coefficient (Wildman–Crippen LogP) is 3.34. The Morgan fingerprint density at radius 2 is 1.96 bits per heavy atom. The van der Waals surface area contributed by atoms with Crippen molar-refractivity contribution in [3.05, 3.63) is 58.7 Å². The Balaban J connectivity index is 1.82. The van der Waals surface area contributed by atoms with Crippen LogP contribution in [0.15, 0.2) is 36.4 Å². The summed E-state index contributed by atoms with van der Waals surface area (Å²) in [4.78, 5) is 14.5. The average Bonchev–Trinajstić information content (AvgIpc) is 2.98. The third kappa shape index (κ3) is 3.02. The lowest BCUT2D eigenvalue weighted by molar-refractivity contribution is 0.0785. The van der Waals surface area contributed by atoms with Crippen molar-refractivity contribution in [2.75, 3.05) is 7.05 Å². The van der Waals surface area contributed by atoms with Gasteiger partial charge in [-0.2, -0.15) is 0 Å². The topological polar surface area (TPSA) is 51.0 Å². The number of benzene rings is 2. The Kier molecular flexibility index (Phi) is 4.34. The zero-order valence-corrected chi connectivity index (χ0v) is 14.6. The van der Waals surface area contributed by atoms with Gasteiger partial charge in [-0.15, -0.1) is 5.10 Å². The van der Waals surface area contributed by atoms with Crippen LogP contribution in [0.1, 0.15) is 34.0 Å². The molecule has 0 aliphatic heterocycles. The Hall–Kier alpha value is -2.69. The molecule has 0 N–H and O–H groups in total. The van der Waals surface area contributed by atoms with Crippen molar-refractivity contribution in [3.8, 4) is 0 Å². The van der Waals surface area contributed by atoms with E-state index in [1.807, 2.05) is 36.9 Å². The Morgan fingerprint density at radius 1 is 1.17 bits per heavy atom. The van der Waals surface area contributed by atoms with Crippen molar-refractivity contribution in [1.82, 2.24) is 19.9 Å². The zero-order chi connectivity index (χ0) is 17.3. The molecule has 0 aliphatic rings. The van der Waals surface area contributed by atoms with E-state index in [0.717, 1.165) is 23.1 Å². The fourth-order valence-corrected chi connectivity index (χ4v) is 2.91. The van der Waals surface area contributed by atoms with E-state index in [0.29, 0.717) is 12.1 Å². The fourth-order valence-electron chi connectivity index (χ4n) is 2.91. The van der Waals surface area contributed by atoms with Crippen LogP contribution in [0.5, 0.6) is 0 Å². The number of aromatic nitrogens is 3. The minimum atomic E-state index is -0.0112. The van der Waals surface area contributed by atoms with Gasteiger partial charge < -0.3 is 4.90 Å². The van der Waals surface area contributed by atoms with Gasteiger partial charge in [0.2, 0.25) is 0 Å². The molecule has 0 aliphatic carbocycles. The fraction of sp³-hybridized carbons (Fsp3) is 0.316. The van der Waals surface area contributed by atoms with Crippen LogP contribution in [0.25, 0.3) is 11.0 Å². The summed E-state index contributed by atoms with van der Waals surface area (Å²) in [5.41, 5.74) is 5.94. The van der Waals surface area contributed by atoms with Crippen LogP contribution in [0.3, 0.4) is 0 Å². The Bertz CT molecular complexity index is 898. The molecule has 24 heavy (non-hydrogen) atoms. The van der Waals surface area contributed by atoms with Crippen LogP contribution >= 0.6 is 0 Å². The van der Waals surface area contributed by atoms with Crippen molar-refractivity contribution < 1.29 is 4.79 Å². The zero-order valence-electron chi connectivity index (χ0n) is 14.6. The van der Waals surface area contributed by atoms with Gasteiger partial charge in [0, 0.05) is 25.7 Å². The summed E-state index contributed by atoms with van der Waals surface area (Å²) in [5.74, 6) is -0.0112. The van der Waals surface area contributed by atoms with E-state index in [-0.39, 0.29) is 5.91 Å². The largest absolute Gasteiger partial charge is 0.337 e. The van der Waals surface area contributed by atoms with Crippen molar-refractivity contribution in [2.24, 2.45) is 0 Å². The summed E-state index contributed by atoms with van der Waals surface area (Å²) in [6.45, 7) is 7.52. The monoisotopic (exact) mass is 322 g/mol. The van der Waals surface area contributed by atoms with Gasteiger partial charge in [0.15, 0.2) is 0 Å². The standard InChI is InChI=1S/C19H22N4O/c1-5-23-18-9-8-15(11-17(18)20-21-23)19(24)22(4)12-16-7-6-13(2)10-14(16)3/h6-11H,5,12H2,1-4H3. The number of carbonyl (C=O) groups is 1. The number of rotatable bonds is 4. The molecule has 0 radical (unpaired) electrons. The van der Waals surface area contributed by atoms with Gasteiger partial charge in [0.25, 0.3) is 5.91 Å². The van der Waals surface area contributed by atoms with Gasteiger partial charge in [-0.05, 0) is 50.1 Å². The van der Waals surface area contributed by atoms with Crippen molar-refractivity contribution in [3.63, 3.8) is 0 Å². The molecular formula is C19H22N4O. The maximum atomic E-state index is 12.7. The smallest absolute Gasteiger partial charge is 0.253 e. The molecule has 0 atom stereocenters. The maximum absolute atomic E-state index is 12.7. The van der Waals surface area contributed by atoms with Crippen LogP contribution < -0.4 is 0 Å². The van der Waals surface area contributed by atoms with E-state index in [1.54, 1.807) is 4.90 Å². The maximum Gasteiger partial charge on any atom is 0.253 e. The van der Waals surface area contributed by atoms with E-state index in [2.05, 4.69) is 42.4 Å². The molecule has 1 amide bonds.